The molecule has 2 unspecified atom stereocenters. The Balaban J connectivity index is 2.62. The number of aliphatic hydroxyl groups excluding tert-OH is 2. The fourth-order valence-corrected chi connectivity index (χ4v) is 3.34. The number of anilines is 5. The number of aliphatic hydroxyl groups is 2. The first-order valence-electron chi connectivity index (χ1n) is 8.91. The second-order valence-electron chi connectivity index (χ2n) is 6.55. The van der Waals surface area contributed by atoms with Gasteiger partial charge in [-0.2, -0.15) is 0 Å². The molecule has 12 N–H and O–H groups in total. The van der Waals surface area contributed by atoms with Gasteiger partial charge in [-0.25, -0.2) is 0 Å². The zero-order chi connectivity index (χ0) is 20.0. The van der Waals surface area contributed by atoms with Crippen LogP contribution < -0.4 is 33.6 Å². The lowest BCUT2D eigenvalue weighted by atomic mass is 9.82. The minimum Gasteiger partial charge on any atom is -0.399 e. The third-order valence-corrected chi connectivity index (χ3v) is 4.50. The van der Waals surface area contributed by atoms with Crippen molar-refractivity contribution >= 4 is 28.4 Å². The maximum absolute atomic E-state index is 9.21. The Morgan fingerprint density at radius 3 is 2.19 bits per heavy atom. The molecule has 0 aliphatic rings. The first-order chi connectivity index (χ1) is 12.9. The summed E-state index contributed by atoms with van der Waals surface area (Å²) in [5.41, 5.74) is 29.1. The van der Waals surface area contributed by atoms with Gasteiger partial charge in [0.2, 0.25) is 0 Å². The molecule has 0 saturated carbocycles. The van der Waals surface area contributed by atoms with E-state index in [0.29, 0.717) is 35.8 Å². The van der Waals surface area contributed by atoms with Gasteiger partial charge >= 0.3 is 0 Å². The van der Waals surface area contributed by atoms with Crippen LogP contribution in [-0.4, -0.2) is 42.6 Å². The molecule has 0 heterocycles. The molecule has 0 amide bonds. The van der Waals surface area contributed by atoms with Gasteiger partial charge in [0, 0.05) is 59.0 Å². The van der Waals surface area contributed by atoms with Crippen molar-refractivity contribution in [2.45, 2.75) is 18.9 Å². The summed E-state index contributed by atoms with van der Waals surface area (Å²) >= 11 is 0. The number of hydrogen-bond donors (Lipinski definition) is 8. The summed E-state index contributed by atoms with van der Waals surface area (Å²) in [6, 6.07) is 8.81. The van der Waals surface area contributed by atoms with Crippen LogP contribution in [0.25, 0.3) is 0 Å². The summed E-state index contributed by atoms with van der Waals surface area (Å²) < 4.78 is 0. The lowest BCUT2D eigenvalue weighted by molar-refractivity contribution is 0.283. The maximum Gasteiger partial charge on any atom is 0.0604 e. The Bertz CT molecular complexity index is 768. The van der Waals surface area contributed by atoms with Gasteiger partial charge in [-0.15, -0.1) is 0 Å². The third-order valence-electron chi connectivity index (χ3n) is 4.50. The molecule has 0 aromatic heterocycles. The van der Waals surface area contributed by atoms with E-state index in [2.05, 4.69) is 10.6 Å². The lowest BCUT2D eigenvalue weighted by Crippen LogP contribution is -2.35. The van der Waals surface area contributed by atoms with E-state index in [1.807, 2.05) is 13.0 Å². The SMILES string of the molecule is CC(NCCO)C(c1ccc(N)cc1N)c1c(N)cc(N)cc1NCCO. The zero-order valence-electron chi connectivity index (χ0n) is 15.6. The monoisotopic (exact) mass is 374 g/mol. The molecule has 148 valence electrons. The molecule has 0 spiro atoms. The van der Waals surface area contributed by atoms with Gasteiger partial charge in [0.1, 0.15) is 0 Å². The zero-order valence-corrected chi connectivity index (χ0v) is 15.6. The van der Waals surface area contributed by atoms with Crippen LogP contribution >= 0.6 is 0 Å². The van der Waals surface area contributed by atoms with Crippen LogP contribution in [-0.2, 0) is 0 Å². The summed E-state index contributed by atoms with van der Waals surface area (Å²) in [6.45, 7) is 2.78. The van der Waals surface area contributed by atoms with Gasteiger partial charge in [0.15, 0.2) is 0 Å². The van der Waals surface area contributed by atoms with Crippen LogP contribution in [0.3, 0.4) is 0 Å². The molecule has 0 radical (unpaired) electrons. The molecule has 8 nitrogen and oxygen atoms in total. The average Bonchev–Trinajstić information content (AvgIpc) is 2.61. The van der Waals surface area contributed by atoms with E-state index in [-0.39, 0.29) is 25.2 Å². The van der Waals surface area contributed by atoms with E-state index >= 15 is 0 Å². The van der Waals surface area contributed by atoms with Gasteiger partial charge in [0.25, 0.3) is 0 Å². The summed E-state index contributed by atoms with van der Waals surface area (Å²) in [7, 11) is 0. The van der Waals surface area contributed by atoms with E-state index in [1.165, 1.54) is 0 Å². The molecule has 0 aliphatic heterocycles. The smallest absolute Gasteiger partial charge is 0.0604 e. The Hall–Kier alpha value is -2.68. The molecular formula is C19H30N6O2. The van der Waals surface area contributed by atoms with Gasteiger partial charge in [-0.3, -0.25) is 0 Å². The number of hydrogen-bond acceptors (Lipinski definition) is 8. The standard InChI is InChI=1S/C19H30N6O2/c1-11(24-4-6-26)18(14-3-2-12(20)8-15(14)22)19-16(23)9-13(21)10-17(19)25-5-7-27/h2-3,8-11,18,24-27H,4-7,20-23H2,1H3. The van der Waals surface area contributed by atoms with Gasteiger partial charge in [-0.05, 0) is 36.8 Å². The Morgan fingerprint density at radius 1 is 0.889 bits per heavy atom. The van der Waals surface area contributed by atoms with E-state index in [9.17, 15) is 10.2 Å². The Labute approximate surface area is 159 Å². The first-order valence-corrected chi connectivity index (χ1v) is 8.91. The van der Waals surface area contributed by atoms with Gasteiger partial charge in [-0.1, -0.05) is 6.07 Å². The van der Waals surface area contributed by atoms with E-state index in [4.69, 9.17) is 22.9 Å². The topological polar surface area (TPSA) is 169 Å². The highest BCUT2D eigenvalue weighted by molar-refractivity contribution is 5.75. The average molecular weight is 374 g/mol. The summed E-state index contributed by atoms with van der Waals surface area (Å²) in [5.74, 6) is -0.223. The molecule has 2 rings (SSSR count). The molecule has 0 aliphatic carbocycles. The number of nitrogens with two attached hydrogens (primary N) is 4. The van der Waals surface area contributed by atoms with Crippen LogP contribution in [0.2, 0.25) is 0 Å². The van der Waals surface area contributed by atoms with Crippen molar-refractivity contribution in [3.63, 3.8) is 0 Å². The second kappa shape index (κ2) is 9.31. The minimum atomic E-state index is -0.223. The number of nitrogens with one attached hydrogen (secondary N) is 2. The molecule has 2 aromatic rings. The van der Waals surface area contributed by atoms with Gasteiger partial charge in [0.05, 0.1) is 13.2 Å². The summed E-state index contributed by atoms with van der Waals surface area (Å²) in [6.07, 6.45) is 0. The van der Waals surface area contributed by atoms with Crippen molar-refractivity contribution in [2.75, 3.05) is 54.6 Å². The van der Waals surface area contributed by atoms with Crippen LogP contribution in [0.15, 0.2) is 30.3 Å². The molecule has 27 heavy (non-hydrogen) atoms. The van der Waals surface area contributed by atoms with Crippen molar-refractivity contribution < 1.29 is 10.2 Å². The summed E-state index contributed by atoms with van der Waals surface area (Å²) in [5, 5.41) is 24.9. The molecule has 0 saturated heterocycles. The molecule has 2 aromatic carbocycles. The van der Waals surface area contributed by atoms with Crippen molar-refractivity contribution in [3.05, 3.63) is 41.5 Å². The third kappa shape index (κ3) is 4.94. The normalized spacial score (nSPS) is 13.3. The van der Waals surface area contributed by atoms with Crippen molar-refractivity contribution in [1.82, 2.24) is 5.32 Å². The molecular weight excluding hydrogens is 344 g/mol. The van der Waals surface area contributed by atoms with E-state index in [0.717, 1.165) is 16.8 Å². The highest BCUT2D eigenvalue weighted by Gasteiger charge is 2.28. The van der Waals surface area contributed by atoms with E-state index in [1.54, 1.807) is 24.3 Å². The summed E-state index contributed by atoms with van der Waals surface area (Å²) in [4.78, 5) is 0. The number of nitrogen functional groups attached to an aromatic ring is 4. The Kier molecular flexibility index (Phi) is 7.12. The lowest BCUT2D eigenvalue weighted by Gasteiger charge is -2.30. The molecule has 8 heteroatoms. The number of benzene rings is 2. The second-order valence-corrected chi connectivity index (χ2v) is 6.55. The van der Waals surface area contributed by atoms with Crippen LogP contribution in [0.1, 0.15) is 24.0 Å². The Morgan fingerprint density at radius 2 is 1.56 bits per heavy atom. The highest BCUT2D eigenvalue weighted by atomic mass is 16.3. The predicted molar refractivity (Wildman–Crippen MR) is 113 cm³/mol. The van der Waals surface area contributed by atoms with Crippen molar-refractivity contribution in [2.24, 2.45) is 0 Å². The number of rotatable bonds is 9. The fraction of sp³-hybridized carbons (Fsp3) is 0.368. The van der Waals surface area contributed by atoms with Gasteiger partial charge < -0.3 is 43.8 Å². The van der Waals surface area contributed by atoms with Crippen LogP contribution in [0.5, 0.6) is 0 Å². The van der Waals surface area contributed by atoms with Crippen molar-refractivity contribution in [1.29, 1.82) is 0 Å². The van der Waals surface area contributed by atoms with Crippen LogP contribution in [0.4, 0.5) is 28.4 Å². The van der Waals surface area contributed by atoms with Crippen molar-refractivity contribution in [3.8, 4) is 0 Å². The van der Waals surface area contributed by atoms with E-state index < -0.39 is 0 Å². The largest absolute Gasteiger partial charge is 0.399 e. The fourth-order valence-electron chi connectivity index (χ4n) is 3.34. The first kappa shape index (κ1) is 20.6. The highest BCUT2D eigenvalue weighted by Crippen LogP contribution is 2.41. The molecule has 2 atom stereocenters. The molecule has 0 bridgehead atoms. The quantitative estimate of drug-likeness (QED) is 0.294. The van der Waals surface area contributed by atoms with Crippen LogP contribution in [0, 0.1) is 0 Å². The minimum absolute atomic E-state index is 0.0150. The predicted octanol–water partition coefficient (Wildman–Crippen LogP) is 0.522. The molecule has 0 fully saturated rings. The maximum atomic E-state index is 9.21.